The summed E-state index contributed by atoms with van der Waals surface area (Å²) in [6.45, 7) is 6.37. The summed E-state index contributed by atoms with van der Waals surface area (Å²) in [5.74, 6) is 2.59. The number of hydrogen-bond acceptors (Lipinski definition) is 8. The number of carbonyl (C=O) groups excluding carboxylic acids is 1. The fraction of sp³-hybridized carbons (Fsp3) is 0.333. The van der Waals surface area contributed by atoms with Gasteiger partial charge in [-0.3, -0.25) is 4.79 Å². The number of thioether (sulfide) groups is 1. The number of primary amides is 1. The van der Waals surface area contributed by atoms with Crippen LogP contribution in [0.4, 0.5) is 5.82 Å². The number of aromatic nitrogens is 3. The SMILES string of the molecule is CC(C)C[C@H](CO)Nc1nc(S[C@@H](C)c2ccccc2)nc2nc(-c3cc[pH]c3C(N)=O)sc12. The van der Waals surface area contributed by atoms with E-state index in [0.29, 0.717) is 32.8 Å². The van der Waals surface area contributed by atoms with Crippen molar-refractivity contribution in [3.63, 3.8) is 0 Å². The molecule has 3 atom stereocenters. The molecular formula is C24H28N5O2PS2. The molecular weight excluding hydrogens is 485 g/mol. The summed E-state index contributed by atoms with van der Waals surface area (Å²) < 4.78 is 0.800. The average molecular weight is 514 g/mol. The lowest BCUT2D eigenvalue weighted by molar-refractivity contribution is 0.100. The molecule has 0 fully saturated rings. The van der Waals surface area contributed by atoms with E-state index in [-0.39, 0.29) is 26.1 Å². The Balaban J connectivity index is 1.76. The molecule has 10 heteroatoms. The van der Waals surface area contributed by atoms with Gasteiger partial charge in [0.05, 0.1) is 17.9 Å². The van der Waals surface area contributed by atoms with Crippen LogP contribution in [0.5, 0.6) is 0 Å². The monoisotopic (exact) mass is 513 g/mol. The topological polar surface area (TPSA) is 114 Å². The number of hydrogen-bond donors (Lipinski definition) is 3. The van der Waals surface area contributed by atoms with Crippen molar-refractivity contribution < 1.29 is 9.90 Å². The van der Waals surface area contributed by atoms with E-state index in [2.05, 4.69) is 38.2 Å². The fourth-order valence-electron chi connectivity index (χ4n) is 3.71. The highest BCUT2D eigenvalue weighted by atomic mass is 32.2. The summed E-state index contributed by atoms with van der Waals surface area (Å²) in [4.78, 5) is 26.2. The maximum absolute atomic E-state index is 11.9. The minimum absolute atomic E-state index is 0.000927. The van der Waals surface area contributed by atoms with Gasteiger partial charge < -0.3 is 16.2 Å². The van der Waals surface area contributed by atoms with Crippen molar-refractivity contribution >= 4 is 53.4 Å². The predicted octanol–water partition coefficient (Wildman–Crippen LogP) is 5.56. The number of aliphatic hydroxyl groups excluding tert-OH is 1. The van der Waals surface area contributed by atoms with Crippen LogP contribution in [0.15, 0.2) is 47.4 Å². The fourth-order valence-corrected chi connectivity index (χ4v) is 6.60. The van der Waals surface area contributed by atoms with Crippen LogP contribution in [0.2, 0.25) is 0 Å². The predicted molar refractivity (Wildman–Crippen MR) is 143 cm³/mol. The zero-order chi connectivity index (χ0) is 24.2. The van der Waals surface area contributed by atoms with E-state index in [4.69, 9.17) is 20.7 Å². The van der Waals surface area contributed by atoms with Crippen LogP contribution in [0.25, 0.3) is 20.9 Å². The Kier molecular flexibility index (Phi) is 7.88. The Bertz CT molecular complexity index is 1280. The highest BCUT2D eigenvalue weighted by Gasteiger charge is 2.21. The van der Waals surface area contributed by atoms with Crippen LogP contribution >= 0.6 is 31.3 Å². The van der Waals surface area contributed by atoms with Crippen LogP contribution in [0.3, 0.4) is 0 Å². The van der Waals surface area contributed by atoms with Gasteiger partial charge in [-0.05, 0) is 36.7 Å². The molecule has 4 N–H and O–H groups in total. The van der Waals surface area contributed by atoms with Gasteiger partial charge in [0.2, 0.25) is 0 Å². The molecule has 1 unspecified atom stereocenters. The molecule has 3 aromatic heterocycles. The van der Waals surface area contributed by atoms with Crippen molar-refractivity contribution in [3.05, 3.63) is 53.1 Å². The quantitative estimate of drug-likeness (QED) is 0.188. The maximum Gasteiger partial charge on any atom is 0.253 e. The number of nitrogens with zero attached hydrogens (tertiary/aromatic N) is 3. The van der Waals surface area contributed by atoms with Crippen LogP contribution in [-0.2, 0) is 0 Å². The molecule has 0 aliphatic carbocycles. The first-order valence-corrected chi connectivity index (χ1v) is 13.9. The second kappa shape index (κ2) is 10.9. The first-order valence-electron chi connectivity index (χ1n) is 11.1. The molecule has 3 heterocycles. The molecule has 34 heavy (non-hydrogen) atoms. The molecule has 0 spiro atoms. The van der Waals surface area contributed by atoms with Gasteiger partial charge in [0.25, 0.3) is 5.91 Å². The first-order chi connectivity index (χ1) is 16.4. The minimum Gasteiger partial charge on any atom is -0.394 e. The summed E-state index contributed by atoms with van der Waals surface area (Å²) in [5, 5.41) is 15.4. The van der Waals surface area contributed by atoms with E-state index in [9.17, 15) is 9.90 Å². The Morgan fingerprint density at radius 1 is 1.18 bits per heavy atom. The van der Waals surface area contributed by atoms with E-state index in [1.165, 1.54) is 16.9 Å². The lowest BCUT2D eigenvalue weighted by Crippen LogP contribution is -2.26. The van der Waals surface area contributed by atoms with Crippen LogP contribution in [0.1, 0.15) is 48.1 Å². The molecule has 4 aromatic rings. The number of carbonyl (C=O) groups is 1. The summed E-state index contributed by atoms with van der Waals surface area (Å²) >= 11 is 3.00. The van der Waals surface area contributed by atoms with Crippen molar-refractivity contribution in [1.29, 1.82) is 0 Å². The van der Waals surface area contributed by atoms with Crippen molar-refractivity contribution in [2.45, 2.75) is 43.6 Å². The van der Waals surface area contributed by atoms with E-state index in [1.54, 1.807) is 11.8 Å². The number of aliphatic hydroxyl groups is 1. The summed E-state index contributed by atoms with van der Waals surface area (Å²) in [5.41, 5.74) is 8.10. The number of nitrogens with one attached hydrogen (secondary N) is 1. The van der Waals surface area contributed by atoms with Crippen molar-refractivity contribution in [2.24, 2.45) is 11.7 Å². The number of amides is 1. The molecule has 0 aliphatic rings. The highest BCUT2D eigenvalue weighted by molar-refractivity contribution is 7.99. The van der Waals surface area contributed by atoms with Crippen molar-refractivity contribution in [1.82, 2.24) is 15.0 Å². The number of anilines is 1. The Labute approximate surface area is 208 Å². The van der Waals surface area contributed by atoms with Gasteiger partial charge in [0.15, 0.2) is 16.6 Å². The van der Waals surface area contributed by atoms with Crippen molar-refractivity contribution in [3.8, 4) is 10.6 Å². The minimum atomic E-state index is -0.424. The second-order valence-corrected chi connectivity index (χ2v) is 11.9. The Morgan fingerprint density at radius 2 is 1.94 bits per heavy atom. The lowest BCUT2D eigenvalue weighted by Gasteiger charge is -2.19. The van der Waals surface area contributed by atoms with Gasteiger partial charge in [-0.2, -0.15) is 0 Å². The van der Waals surface area contributed by atoms with Gasteiger partial charge in [-0.1, -0.05) is 55.9 Å². The molecule has 0 aliphatic heterocycles. The zero-order valence-corrected chi connectivity index (χ0v) is 21.9. The molecule has 1 aromatic carbocycles. The van der Waals surface area contributed by atoms with Crippen LogP contribution in [0, 0.1) is 5.92 Å². The third-order valence-electron chi connectivity index (χ3n) is 5.33. The number of nitrogens with two attached hydrogens (primary N) is 1. The van der Waals surface area contributed by atoms with Crippen LogP contribution < -0.4 is 11.1 Å². The number of fused-ring (bicyclic) bond motifs is 1. The summed E-state index contributed by atoms with van der Waals surface area (Å²) in [6, 6.07) is 12.0. The third-order valence-corrected chi connectivity index (χ3v) is 8.57. The molecule has 0 saturated carbocycles. The van der Waals surface area contributed by atoms with Gasteiger partial charge in [0, 0.05) is 10.8 Å². The maximum atomic E-state index is 11.9. The molecule has 7 nitrogen and oxygen atoms in total. The van der Waals surface area contributed by atoms with E-state index in [0.717, 1.165) is 16.7 Å². The summed E-state index contributed by atoms with van der Waals surface area (Å²) in [7, 11) is 0.244. The largest absolute Gasteiger partial charge is 0.394 e. The average Bonchev–Trinajstić information content (AvgIpc) is 3.46. The van der Waals surface area contributed by atoms with Gasteiger partial charge >= 0.3 is 0 Å². The molecule has 0 radical (unpaired) electrons. The Hall–Kier alpha value is -2.45. The standard InChI is InChI=1S/C24H28N5O2PS2/c1-13(2)11-16(12-30)26-21-19-22(27-23(34-19)17-9-10-32-18(17)20(25)31)29-24(28-21)33-14(3)15-7-5-4-6-8-15/h4-10,13-14,16,30,32H,11-12H2,1-3H3,(H2,25,31)(H,26,28,29)/t14-,16+/m0/s1. The smallest absolute Gasteiger partial charge is 0.253 e. The van der Waals surface area contributed by atoms with Crippen molar-refractivity contribution in [2.75, 3.05) is 11.9 Å². The number of rotatable bonds is 10. The number of benzene rings is 1. The molecule has 1 amide bonds. The zero-order valence-electron chi connectivity index (χ0n) is 19.3. The molecule has 178 valence electrons. The third kappa shape index (κ3) is 5.61. The van der Waals surface area contributed by atoms with E-state index >= 15 is 0 Å². The van der Waals surface area contributed by atoms with E-state index < -0.39 is 5.91 Å². The normalized spacial score (nSPS) is 13.6. The van der Waals surface area contributed by atoms with Crippen LogP contribution in [-0.4, -0.2) is 38.6 Å². The van der Waals surface area contributed by atoms with Gasteiger partial charge in [-0.15, -0.1) is 19.5 Å². The van der Waals surface area contributed by atoms with Gasteiger partial charge in [-0.25, -0.2) is 15.0 Å². The lowest BCUT2D eigenvalue weighted by atomic mass is 10.0. The molecule has 4 rings (SSSR count). The molecule has 0 saturated heterocycles. The number of thiazole rings is 1. The summed E-state index contributed by atoms with van der Waals surface area (Å²) in [6.07, 6.45) is 0.803. The van der Waals surface area contributed by atoms with Gasteiger partial charge in [0.1, 0.15) is 9.71 Å². The second-order valence-electron chi connectivity index (χ2n) is 8.48. The van der Waals surface area contributed by atoms with E-state index in [1.807, 2.05) is 30.1 Å². The molecule has 0 bridgehead atoms. The Morgan fingerprint density at radius 3 is 2.62 bits per heavy atom. The highest BCUT2D eigenvalue weighted by Crippen LogP contribution is 2.40. The first kappa shape index (κ1) is 24.7.